The summed E-state index contributed by atoms with van der Waals surface area (Å²) in [6, 6.07) is 0.240. The van der Waals surface area contributed by atoms with Crippen LogP contribution in [0.25, 0.3) is 0 Å². The van der Waals surface area contributed by atoms with E-state index in [1.54, 1.807) is 11.8 Å². The molecule has 0 heterocycles. The summed E-state index contributed by atoms with van der Waals surface area (Å²) in [5.74, 6) is 0.932. The molecule has 9 heavy (non-hydrogen) atoms. The van der Waals surface area contributed by atoms with Gasteiger partial charge in [-0.05, 0) is 6.92 Å². The van der Waals surface area contributed by atoms with Gasteiger partial charge in [-0.2, -0.15) is 11.8 Å². The summed E-state index contributed by atoms with van der Waals surface area (Å²) in [6.07, 6.45) is 0. The van der Waals surface area contributed by atoms with Crippen LogP contribution >= 0.6 is 11.8 Å². The standard InChI is InChI=1S/C6H15NOS/c1-5(7)4-9-6(2)3-8/h5-6,8H,3-4,7H2,1-2H3/t5-,6?/m1/s1. The Hall–Kier alpha value is 0.270. The molecule has 0 aliphatic rings. The average molecular weight is 149 g/mol. The summed E-state index contributed by atoms with van der Waals surface area (Å²) in [7, 11) is 0. The number of aliphatic hydroxyl groups is 1. The van der Waals surface area contributed by atoms with Gasteiger partial charge in [0.2, 0.25) is 0 Å². The minimum absolute atomic E-state index is 0.240. The van der Waals surface area contributed by atoms with Crippen molar-refractivity contribution in [2.75, 3.05) is 12.4 Å². The highest BCUT2D eigenvalue weighted by molar-refractivity contribution is 7.99. The van der Waals surface area contributed by atoms with Gasteiger partial charge in [0.1, 0.15) is 0 Å². The molecule has 0 aliphatic heterocycles. The van der Waals surface area contributed by atoms with Crippen molar-refractivity contribution in [2.45, 2.75) is 25.1 Å². The van der Waals surface area contributed by atoms with E-state index in [0.29, 0.717) is 5.25 Å². The molecule has 56 valence electrons. The highest BCUT2D eigenvalue weighted by atomic mass is 32.2. The third-order valence-corrected chi connectivity index (χ3v) is 2.34. The summed E-state index contributed by atoms with van der Waals surface area (Å²) in [5, 5.41) is 8.92. The first-order valence-corrected chi connectivity index (χ1v) is 4.19. The minimum Gasteiger partial charge on any atom is -0.395 e. The fraction of sp³-hybridized carbons (Fsp3) is 1.00. The third-order valence-electron chi connectivity index (χ3n) is 0.901. The Morgan fingerprint density at radius 1 is 1.56 bits per heavy atom. The first-order chi connectivity index (χ1) is 4.16. The molecule has 0 aliphatic carbocycles. The number of hydrogen-bond donors (Lipinski definition) is 2. The molecule has 0 aromatic heterocycles. The second-order valence-corrected chi connectivity index (χ2v) is 3.78. The van der Waals surface area contributed by atoms with Crippen LogP contribution < -0.4 is 5.73 Å². The van der Waals surface area contributed by atoms with Crippen molar-refractivity contribution >= 4 is 11.8 Å². The molecular formula is C6H15NOS. The molecule has 0 fully saturated rings. The molecule has 1 unspecified atom stereocenters. The molecule has 3 N–H and O–H groups in total. The van der Waals surface area contributed by atoms with E-state index in [1.807, 2.05) is 13.8 Å². The lowest BCUT2D eigenvalue weighted by Gasteiger charge is -2.08. The van der Waals surface area contributed by atoms with Crippen LogP contribution in [0.15, 0.2) is 0 Å². The molecule has 0 aromatic carbocycles. The molecule has 0 bridgehead atoms. The lowest BCUT2D eigenvalue weighted by molar-refractivity contribution is 0.300. The Balaban J connectivity index is 3.06. The van der Waals surface area contributed by atoms with E-state index in [-0.39, 0.29) is 12.6 Å². The van der Waals surface area contributed by atoms with Gasteiger partial charge in [0.25, 0.3) is 0 Å². The van der Waals surface area contributed by atoms with Gasteiger partial charge in [0.15, 0.2) is 0 Å². The summed E-state index contributed by atoms with van der Waals surface area (Å²) >= 11 is 1.71. The smallest absolute Gasteiger partial charge is 0.0547 e. The monoisotopic (exact) mass is 149 g/mol. The molecular weight excluding hydrogens is 134 g/mol. The first-order valence-electron chi connectivity index (χ1n) is 3.15. The van der Waals surface area contributed by atoms with Crippen LogP contribution in [-0.2, 0) is 0 Å². The summed E-state index contributed by atoms with van der Waals surface area (Å²) in [4.78, 5) is 0. The zero-order valence-corrected chi connectivity index (χ0v) is 6.82. The minimum atomic E-state index is 0.240. The molecule has 0 rings (SSSR count). The van der Waals surface area contributed by atoms with Crippen molar-refractivity contribution in [1.29, 1.82) is 0 Å². The number of nitrogens with two attached hydrogens (primary N) is 1. The molecule has 0 aromatic rings. The zero-order valence-electron chi connectivity index (χ0n) is 6.00. The molecule has 2 atom stereocenters. The van der Waals surface area contributed by atoms with E-state index in [0.717, 1.165) is 5.75 Å². The van der Waals surface area contributed by atoms with E-state index in [9.17, 15) is 0 Å². The van der Waals surface area contributed by atoms with E-state index in [1.165, 1.54) is 0 Å². The fourth-order valence-corrected chi connectivity index (χ4v) is 1.11. The van der Waals surface area contributed by atoms with Crippen molar-refractivity contribution in [3.63, 3.8) is 0 Å². The largest absolute Gasteiger partial charge is 0.395 e. The second kappa shape index (κ2) is 5.09. The van der Waals surface area contributed by atoms with Crippen molar-refractivity contribution in [1.82, 2.24) is 0 Å². The van der Waals surface area contributed by atoms with Crippen LogP contribution in [0.3, 0.4) is 0 Å². The van der Waals surface area contributed by atoms with Gasteiger partial charge in [0, 0.05) is 17.0 Å². The van der Waals surface area contributed by atoms with Gasteiger partial charge < -0.3 is 10.8 Å². The maximum atomic E-state index is 8.59. The van der Waals surface area contributed by atoms with Crippen LogP contribution in [0.4, 0.5) is 0 Å². The predicted octanol–water partition coefficient (Wildman–Crippen LogP) is 0.448. The van der Waals surface area contributed by atoms with Gasteiger partial charge in [-0.3, -0.25) is 0 Å². The third kappa shape index (κ3) is 6.15. The zero-order chi connectivity index (χ0) is 7.28. The van der Waals surface area contributed by atoms with Crippen LogP contribution in [0, 0.1) is 0 Å². The second-order valence-electron chi connectivity index (χ2n) is 2.30. The van der Waals surface area contributed by atoms with E-state index in [4.69, 9.17) is 10.8 Å². The normalized spacial score (nSPS) is 17.3. The number of rotatable bonds is 4. The molecule has 0 amide bonds. The molecule has 3 heteroatoms. The Bertz CT molecular complexity index is 68.1. The summed E-state index contributed by atoms with van der Waals surface area (Å²) < 4.78 is 0. The van der Waals surface area contributed by atoms with Crippen LogP contribution in [-0.4, -0.2) is 28.8 Å². The van der Waals surface area contributed by atoms with Gasteiger partial charge in [-0.1, -0.05) is 6.92 Å². The van der Waals surface area contributed by atoms with Gasteiger partial charge in [-0.15, -0.1) is 0 Å². The molecule has 0 saturated carbocycles. The molecule has 2 nitrogen and oxygen atoms in total. The summed E-state index contributed by atoms with van der Waals surface area (Å²) in [6.45, 7) is 4.21. The Kier molecular flexibility index (Phi) is 5.24. The van der Waals surface area contributed by atoms with Crippen molar-refractivity contribution in [2.24, 2.45) is 5.73 Å². The highest BCUT2D eigenvalue weighted by Gasteiger charge is 2.00. The molecule has 0 spiro atoms. The molecule has 0 radical (unpaired) electrons. The quantitative estimate of drug-likeness (QED) is 0.610. The maximum absolute atomic E-state index is 8.59. The highest BCUT2D eigenvalue weighted by Crippen LogP contribution is 2.09. The van der Waals surface area contributed by atoms with Gasteiger partial charge in [-0.25, -0.2) is 0 Å². The lowest BCUT2D eigenvalue weighted by atomic mass is 10.4. The first kappa shape index (κ1) is 9.27. The summed E-state index contributed by atoms with van der Waals surface area (Å²) in [5.41, 5.74) is 5.49. The Morgan fingerprint density at radius 3 is 2.44 bits per heavy atom. The predicted molar refractivity (Wildman–Crippen MR) is 42.7 cm³/mol. The van der Waals surface area contributed by atoms with Gasteiger partial charge in [0.05, 0.1) is 6.61 Å². The van der Waals surface area contributed by atoms with E-state index >= 15 is 0 Å². The van der Waals surface area contributed by atoms with Crippen LogP contribution in [0.1, 0.15) is 13.8 Å². The number of hydrogen-bond acceptors (Lipinski definition) is 3. The lowest BCUT2D eigenvalue weighted by Crippen LogP contribution is -2.19. The topological polar surface area (TPSA) is 46.2 Å². The van der Waals surface area contributed by atoms with Crippen molar-refractivity contribution < 1.29 is 5.11 Å². The average Bonchev–Trinajstić information content (AvgIpc) is 1.83. The molecule has 0 saturated heterocycles. The number of thioether (sulfide) groups is 1. The van der Waals surface area contributed by atoms with Crippen molar-refractivity contribution in [3.8, 4) is 0 Å². The maximum Gasteiger partial charge on any atom is 0.0547 e. The van der Waals surface area contributed by atoms with E-state index < -0.39 is 0 Å². The van der Waals surface area contributed by atoms with Crippen LogP contribution in [0.5, 0.6) is 0 Å². The SMILES string of the molecule is CC(CO)SC[C@@H](C)N. The Labute approximate surface area is 60.8 Å². The fourth-order valence-electron chi connectivity index (χ4n) is 0.369. The van der Waals surface area contributed by atoms with Crippen LogP contribution in [0.2, 0.25) is 0 Å². The van der Waals surface area contributed by atoms with Crippen molar-refractivity contribution in [3.05, 3.63) is 0 Å². The van der Waals surface area contributed by atoms with Gasteiger partial charge >= 0.3 is 0 Å². The number of aliphatic hydroxyl groups excluding tert-OH is 1. The van der Waals surface area contributed by atoms with E-state index in [2.05, 4.69) is 0 Å². The Morgan fingerprint density at radius 2 is 2.11 bits per heavy atom.